The minimum Gasteiger partial charge on any atom is -0.483 e. The van der Waals surface area contributed by atoms with Crippen LogP contribution in [0.4, 0.5) is 5.69 Å². The highest BCUT2D eigenvalue weighted by molar-refractivity contribution is 5.48. The van der Waals surface area contributed by atoms with Crippen LogP contribution in [0.5, 0.6) is 5.75 Å². The summed E-state index contributed by atoms with van der Waals surface area (Å²) in [5, 5.41) is 11.0. The molecular weight excluding hydrogens is 236 g/mol. The molecule has 1 aromatic rings. The molecule has 0 amide bonds. The zero-order chi connectivity index (χ0) is 13.0. The average molecular weight is 252 g/mol. The van der Waals surface area contributed by atoms with Crippen LogP contribution in [0.1, 0.15) is 18.4 Å². The molecule has 0 bridgehead atoms. The van der Waals surface area contributed by atoms with Gasteiger partial charge < -0.3 is 15.2 Å². The number of nitro groups is 1. The molecule has 1 fully saturated rings. The minimum atomic E-state index is -0.437. The average Bonchev–Trinajstić information content (AvgIpc) is 2.40. The van der Waals surface area contributed by atoms with Gasteiger partial charge in [0.25, 0.3) is 0 Å². The van der Waals surface area contributed by atoms with Crippen LogP contribution >= 0.6 is 0 Å². The highest BCUT2D eigenvalue weighted by Crippen LogP contribution is 2.30. The van der Waals surface area contributed by atoms with Crippen LogP contribution in [-0.2, 0) is 11.3 Å². The summed E-state index contributed by atoms with van der Waals surface area (Å²) in [4.78, 5) is 10.6. The van der Waals surface area contributed by atoms with Crippen molar-refractivity contribution in [2.45, 2.75) is 25.5 Å². The summed E-state index contributed by atoms with van der Waals surface area (Å²) >= 11 is 0. The lowest BCUT2D eigenvalue weighted by molar-refractivity contribution is -0.386. The summed E-state index contributed by atoms with van der Waals surface area (Å²) in [6, 6.07) is 4.84. The molecule has 2 N–H and O–H groups in total. The van der Waals surface area contributed by atoms with Gasteiger partial charge in [0.1, 0.15) is 6.10 Å². The summed E-state index contributed by atoms with van der Waals surface area (Å²) in [5.41, 5.74) is 6.17. The van der Waals surface area contributed by atoms with Crippen LogP contribution in [0.2, 0.25) is 0 Å². The van der Waals surface area contributed by atoms with E-state index in [1.54, 1.807) is 12.1 Å². The molecule has 0 unspecified atom stereocenters. The molecule has 1 saturated heterocycles. The molecule has 2 rings (SSSR count). The first-order valence-corrected chi connectivity index (χ1v) is 5.92. The zero-order valence-electron chi connectivity index (χ0n) is 10.0. The van der Waals surface area contributed by atoms with E-state index in [1.807, 2.05) is 0 Å². The van der Waals surface area contributed by atoms with Crippen LogP contribution in [0.25, 0.3) is 0 Å². The number of nitrogens with zero attached hydrogens (tertiary/aromatic N) is 1. The van der Waals surface area contributed by atoms with Crippen molar-refractivity contribution in [3.8, 4) is 5.75 Å². The fourth-order valence-electron chi connectivity index (χ4n) is 1.91. The topological polar surface area (TPSA) is 87.6 Å². The third-order valence-electron chi connectivity index (χ3n) is 2.92. The van der Waals surface area contributed by atoms with Crippen molar-refractivity contribution in [3.05, 3.63) is 33.9 Å². The summed E-state index contributed by atoms with van der Waals surface area (Å²) in [5.74, 6) is 0.309. The van der Waals surface area contributed by atoms with Gasteiger partial charge in [0.2, 0.25) is 0 Å². The van der Waals surface area contributed by atoms with Gasteiger partial charge >= 0.3 is 5.69 Å². The Hall–Kier alpha value is -1.66. The lowest BCUT2D eigenvalue weighted by atomic mass is 10.1. The molecule has 98 valence electrons. The second-order valence-corrected chi connectivity index (χ2v) is 4.19. The number of ether oxygens (including phenoxy) is 2. The maximum Gasteiger partial charge on any atom is 0.311 e. The monoisotopic (exact) mass is 252 g/mol. The number of rotatable bonds is 4. The Morgan fingerprint density at radius 2 is 2.17 bits per heavy atom. The fourth-order valence-corrected chi connectivity index (χ4v) is 1.91. The van der Waals surface area contributed by atoms with Crippen LogP contribution in [0, 0.1) is 10.1 Å². The molecule has 0 radical (unpaired) electrons. The Morgan fingerprint density at radius 1 is 1.44 bits per heavy atom. The van der Waals surface area contributed by atoms with Gasteiger partial charge in [-0.15, -0.1) is 0 Å². The number of benzene rings is 1. The van der Waals surface area contributed by atoms with E-state index in [-0.39, 0.29) is 18.3 Å². The van der Waals surface area contributed by atoms with Gasteiger partial charge in [-0.2, -0.15) is 0 Å². The van der Waals surface area contributed by atoms with Crippen LogP contribution in [0.15, 0.2) is 18.2 Å². The van der Waals surface area contributed by atoms with Crippen LogP contribution < -0.4 is 10.5 Å². The van der Waals surface area contributed by atoms with Crippen LogP contribution in [0.3, 0.4) is 0 Å². The quantitative estimate of drug-likeness (QED) is 0.649. The van der Waals surface area contributed by atoms with E-state index in [0.717, 1.165) is 18.4 Å². The van der Waals surface area contributed by atoms with Crippen LogP contribution in [-0.4, -0.2) is 24.2 Å². The summed E-state index contributed by atoms with van der Waals surface area (Å²) < 4.78 is 10.9. The number of hydrogen-bond donors (Lipinski definition) is 1. The van der Waals surface area contributed by atoms with Crippen molar-refractivity contribution in [1.29, 1.82) is 0 Å². The largest absolute Gasteiger partial charge is 0.483 e. The Morgan fingerprint density at radius 3 is 2.78 bits per heavy atom. The van der Waals surface area contributed by atoms with Gasteiger partial charge in [-0.3, -0.25) is 10.1 Å². The van der Waals surface area contributed by atoms with Gasteiger partial charge in [0, 0.05) is 25.5 Å². The maximum absolute atomic E-state index is 11.0. The summed E-state index contributed by atoms with van der Waals surface area (Å²) in [7, 11) is 0. The van der Waals surface area contributed by atoms with Gasteiger partial charge in [-0.05, 0) is 11.6 Å². The molecule has 1 aliphatic heterocycles. The second kappa shape index (κ2) is 5.79. The highest BCUT2D eigenvalue weighted by atomic mass is 16.6. The predicted octanol–water partition coefficient (Wildman–Crippen LogP) is 1.61. The van der Waals surface area contributed by atoms with Crippen molar-refractivity contribution in [2.75, 3.05) is 13.2 Å². The van der Waals surface area contributed by atoms with E-state index in [2.05, 4.69) is 0 Å². The van der Waals surface area contributed by atoms with Crippen molar-refractivity contribution >= 4 is 5.69 Å². The van der Waals surface area contributed by atoms with E-state index in [9.17, 15) is 10.1 Å². The van der Waals surface area contributed by atoms with Crippen molar-refractivity contribution in [2.24, 2.45) is 5.73 Å². The normalized spacial score (nSPS) is 16.5. The number of nitro benzene ring substituents is 1. The van der Waals surface area contributed by atoms with Gasteiger partial charge in [0.05, 0.1) is 18.1 Å². The SMILES string of the molecule is NCc1ccc(OC2CCOCC2)c([N+](=O)[O-])c1. The number of hydrogen-bond acceptors (Lipinski definition) is 5. The highest BCUT2D eigenvalue weighted by Gasteiger charge is 2.21. The van der Waals surface area contributed by atoms with E-state index in [0.29, 0.717) is 19.0 Å². The Bertz CT molecular complexity index is 430. The van der Waals surface area contributed by atoms with E-state index in [4.69, 9.17) is 15.2 Å². The Kier molecular flexibility index (Phi) is 4.11. The second-order valence-electron chi connectivity index (χ2n) is 4.19. The van der Waals surface area contributed by atoms with E-state index >= 15 is 0 Å². The van der Waals surface area contributed by atoms with E-state index < -0.39 is 4.92 Å². The standard InChI is InChI=1S/C12H16N2O4/c13-8-9-1-2-12(11(7-9)14(15)16)18-10-3-5-17-6-4-10/h1-2,7,10H,3-6,8,13H2. The molecule has 6 nitrogen and oxygen atoms in total. The molecule has 1 aliphatic rings. The summed E-state index contributed by atoms with van der Waals surface area (Å²) in [6.45, 7) is 1.55. The minimum absolute atomic E-state index is 0.0128. The molecular formula is C12H16N2O4. The molecule has 0 aliphatic carbocycles. The number of nitrogens with two attached hydrogens (primary N) is 1. The third-order valence-corrected chi connectivity index (χ3v) is 2.92. The predicted molar refractivity (Wildman–Crippen MR) is 65.5 cm³/mol. The van der Waals surface area contributed by atoms with Crippen molar-refractivity contribution in [3.63, 3.8) is 0 Å². The molecule has 1 aromatic carbocycles. The van der Waals surface area contributed by atoms with Gasteiger partial charge in [0.15, 0.2) is 5.75 Å². The molecule has 0 saturated carbocycles. The molecule has 0 spiro atoms. The Balaban J connectivity index is 2.17. The first-order valence-electron chi connectivity index (χ1n) is 5.92. The smallest absolute Gasteiger partial charge is 0.311 e. The maximum atomic E-state index is 11.0. The zero-order valence-corrected chi connectivity index (χ0v) is 10.0. The van der Waals surface area contributed by atoms with Gasteiger partial charge in [-0.1, -0.05) is 6.07 Å². The molecule has 0 atom stereocenters. The first kappa shape index (κ1) is 12.8. The molecule has 6 heteroatoms. The Labute approximate surface area is 105 Å². The summed E-state index contributed by atoms with van der Waals surface area (Å²) in [6.07, 6.45) is 1.51. The molecule has 1 heterocycles. The lowest BCUT2D eigenvalue weighted by Gasteiger charge is -2.23. The lowest BCUT2D eigenvalue weighted by Crippen LogP contribution is -2.26. The molecule has 18 heavy (non-hydrogen) atoms. The fraction of sp³-hybridized carbons (Fsp3) is 0.500. The van der Waals surface area contributed by atoms with Gasteiger partial charge in [-0.25, -0.2) is 0 Å². The van der Waals surface area contributed by atoms with E-state index in [1.165, 1.54) is 6.07 Å². The molecule has 0 aromatic heterocycles. The first-order chi connectivity index (χ1) is 8.70. The van der Waals surface area contributed by atoms with Crippen molar-refractivity contribution < 1.29 is 14.4 Å². The van der Waals surface area contributed by atoms with Crippen molar-refractivity contribution in [1.82, 2.24) is 0 Å². The third kappa shape index (κ3) is 2.96.